The van der Waals surface area contributed by atoms with Gasteiger partial charge in [-0.1, -0.05) is 31.4 Å². The van der Waals surface area contributed by atoms with Crippen LogP contribution >= 0.6 is 0 Å². The summed E-state index contributed by atoms with van der Waals surface area (Å²) in [5.74, 6) is -0.420. The maximum atomic E-state index is 13.0. The second-order valence-corrected chi connectivity index (χ2v) is 9.88. The van der Waals surface area contributed by atoms with Crippen molar-refractivity contribution in [1.29, 1.82) is 0 Å². The first kappa shape index (κ1) is 21.6. The largest absolute Gasteiger partial charge is 0.493 e. The van der Waals surface area contributed by atoms with Crippen LogP contribution in [0.2, 0.25) is 0 Å². The molecule has 1 amide bonds. The van der Waals surface area contributed by atoms with Gasteiger partial charge < -0.3 is 14.4 Å². The smallest absolute Gasteiger partial charge is 0.342 e. The molecule has 2 aliphatic rings. The third-order valence-electron chi connectivity index (χ3n) is 5.59. The maximum absolute atomic E-state index is 13.0. The van der Waals surface area contributed by atoms with Crippen LogP contribution in [0.3, 0.4) is 0 Å². The molecule has 8 heteroatoms. The summed E-state index contributed by atoms with van der Waals surface area (Å²) in [5, 5.41) is 0. The molecular formula is C21H29NO6S. The van der Waals surface area contributed by atoms with Crippen LogP contribution in [0.25, 0.3) is 0 Å². The number of ether oxygens (including phenoxy) is 2. The van der Waals surface area contributed by atoms with E-state index in [9.17, 15) is 18.0 Å². The average molecular weight is 424 g/mol. The molecule has 1 aliphatic heterocycles. The van der Waals surface area contributed by atoms with Crippen LogP contribution in [-0.2, 0) is 19.4 Å². The predicted molar refractivity (Wildman–Crippen MR) is 109 cm³/mol. The lowest BCUT2D eigenvalue weighted by molar-refractivity contribution is -0.140. The molecule has 2 fully saturated rings. The topological polar surface area (TPSA) is 90.0 Å². The number of nitrogens with zero attached hydrogens (tertiary/aromatic N) is 1. The molecule has 1 saturated carbocycles. The van der Waals surface area contributed by atoms with E-state index in [1.807, 2.05) is 6.92 Å². The minimum Gasteiger partial charge on any atom is -0.493 e. The number of sulfone groups is 1. The molecule has 1 aliphatic carbocycles. The molecule has 1 saturated heterocycles. The van der Waals surface area contributed by atoms with E-state index in [4.69, 9.17) is 9.47 Å². The summed E-state index contributed by atoms with van der Waals surface area (Å²) in [5.41, 5.74) is 0.273. The van der Waals surface area contributed by atoms with Gasteiger partial charge in [0.15, 0.2) is 16.4 Å². The Morgan fingerprint density at radius 1 is 1.07 bits per heavy atom. The molecule has 0 unspecified atom stereocenters. The molecular weight excluding hydrogens is 394 g/mol. The predicted octanol–water partition coefficient (Wildman–Crippen LogP) is 2.59. The zero-order chi connectivity index (χ0) is 20.9. The van der Waals surface area contributed by atoms with Crippen molar-refractivity contribution < 1.29 is 27.5 Å². The highest BCUT2D eigenvalue weighted by molar-refractivity contribution is 7.91. The van der Waals surface area contributed by atoms with Crippen LogP contribution in [0.4, 0.5) is 0 Å². The van der Waals surface area contributed by atoms with E-state index in [-0.39, 0.29) is 35.1 Å². The molecule has 0 spiro atoms. The SMILES string of the molecule is CCOc1ccccc1C(=O)OCC(=O)N(C1CCCCC1)[C@H]1CCS(=O)(=O)C1. The van der Waals surface area contributed by atoms with Gasteiger partial charge in [0.2, 0.25) is 0 Å². The first-order chi connectivity index (χ1) is 13.9. The van der Waals surface area contributed by atoms with Crippen LogP contribution in [0.1, 0.15) is 55.8 Å². The fourth-order valence-corrected chi connectivity index (χ4v) is 5.97. The van der Waals surface area contributed by atoms with E-state index < -0.39 is 22.4 Å². The van der Waals surface area contributed by atoms with Crippen molar-refractivity contribution in [2.45, 2.75) is 57.5 Å². The van der Waals surface area contributed by atoms with Crippen LogP contribution in [0.5, 0.6) is 5.75 Å². The van der Waals surface area contributed by atoms with Gasteiger partial charge in [-0.25, -0.2) is 13.2 Å². The first-order valence-corrected chi connectivity index (χ1v) is 12.1. The second-order valence-electron chi connectivity index (χ2n) is 7.66. The number of amides is 1. The highest BCUT2D eigenvalue weighted by atomic mass is 32.2. The Morgan fingerprint density at radius 3 is 2.45 bits per heavy atom. The van der Waals surface area contributed by atoms with Gasteiger partial charge in [-0.15, -0.1) is 0 Å². The summed E-state index contributed by atoms with van der Waals surface area (Å²) < 4.78 is 34.7. The number of hydrogen-bond acceptors (Lipinski definition) is 6. The van der Waals surface area contributed by atoms with Crippen molar-refractivity contribution >= 4 is 21.7 Å². The normalized spacial score (nSPS) is 21.5. The lowest BCUT2D eigenvalue weighted by atomic mass is 9.93. The summed E-state index contributed by atoms with van der Waals surface area (Å²) in [7, 11) is -3.12. The van der Waals surface area contributed by atoms with E-state index in [1.165, 1.54) is 0 Å². The van der Waals surface area contributed by atoms with Crippen LogP contribution in [0.15, 0.2) is 24.3 Å². The number of benzene rings is 1. The van der Waals surface area contributed by atoms with E-state index in [0.717, 1.165) is 32.1 Å². The van der Waals surface area contributed by atoms with Gasteiger partial charge in [-0.2, -0.15) is 0 Å². The highest BCUT2D eigenvalue weighted by Gasteiger charge is 2.38. The van der Waals surface area contributed by atoms with Crippen molar-refractivity contribution in [3.05, 3.63) is 29.8 Å². The Morgan fingerprint density at radius 2 is 1.79 bits per heavy atom. The third-order valence-corrected chi connectivity index (χ3v) is 7.34. The maximum Gasteiger partial charge on any atom is 0.342 e. The fourth-order valence-electron chi connectivity index (χ4n) is 4.26. The van der Waals surface area contributed by atoms with Crippen molar-refractivity contribution in [2.75, 3.05) is 24.7 Å². The Labute approximate surface area is 172 Å². The average Bonchev–Trinajstić information content (AvgIpc) is 3.07. The lowest BCUT2D eigenvalue weighted by Gasteiger charge is -2.38. The number of esters is 1. The fraction of sp³-hybridized carbons (Fsp3) is 0.619. The van der Waals surface area contributed by atoms with E-state index in [0.29, 0.717) is 18.8 Å². The number of carbonyl (C=O) groups is 2. The van der Waals surface area contributed by atoms with Gasteiger partial charge in [-0.3, -0.25) is 4.79 Å². The first-order valence-electron chi connectivity index (χ1n) is 10.3. The monoisotopic (exact) mass is 423 g/mol. The minimum absolute atomic E-state index is 0.00361. The Balaban J connectivity index is 1.69. The van der Waals surface area contributed by atoms with Crippen molar-refractivity contribution in [3.63, 3.8) is 0 Å². The summed E-state index contributed by atoms with van der Waals surface area (Å²) in [6.45, 7) is 1.84. The second kappa shape index (κ2) is 9.61. The van der Waals surface area contributed by atoms with E-state index in [2.05, 4.69) is 0 Å². The molecule has 0 N–H and O–H groups in total. The molecule has 0 radical (unpaired) electrons. The summed E-state index contributed by atoms with van der Waals surface area (Å²) in [4.78, 5) is 27.2. The number of hydrogen-bond donors (Lipinski definition) is 0. The zero-order valence-corrected chi connectivity index (χ0v) is 17.7. The highest BCUT2D eigenvalue weighted by Crippen LogP contribution is 2.28. The minimum atomic E-state index is -3.12. The standard InChI is InChI=1S/C21H29NO6S/c1-2-27-19-11-7-6-10-18(19)21(24)28-14-20(23)22(16-8-4-3-5-9-16)17-12-13-29(25,26)15-17/h6-7,10-11,16-17H,2-5,8-9,12-15H2,1H3/t17-/m0/s1. The quantitative estimate of drug-likeness (QED) is 0.626. The molecule has 3 rings (SSSR count). The van der Waals surface area contributed by atoms with Crippen molar-refractivity contribution in [3.8, 4) is 5.75 Å². The van der Waals surface area contributed by atoms with Crippen LogP contribution < -0.4 is 4.74 Å². The van der Waals surface area contributed by atoms with Crippen LogP contribution in [0, 0.1) is 0 Å². The van der Waals surface area contributed by atoms with Gasteiger partial charge in [0.25, 0.3) is 5.91 Å². The Hall–Kier alpha value is -2.09. The van der Waals surface area contributed by atoms with Gasteiger partial charge in [0, 0.05) is 12.1 Å². The Bertz CT molecular complexity index is 831. The molecule has 160 valence electrons. The third kappa shape index (κ3) is 5.50. The molecule has 0 bridgehead atoms. The van der Waals surface area contributed by atoms with Crippen LogP contribution in [-0.4, -0.2) is 62.0 Å². The Kier molecular flexibility index (Phi) is 7.16. The summed E-state index contributed by atoms with van der Waals surface area (Å²) in [6.07, 6.45) is 5.36. The van der Waals surface area contributed by atoms with Gasteiger partial charge in [0.1, 0.15) is 11.3 Å². The number of carbonyl (C=O) groups excluding carboxylic acids is 2. The summed E-state index contributed by atoms with van der Waals surface area (Å²) >= 11 is 0. The number of para-hydroxylation sites is 1. The molecule has 7 nitrogen and oxygen atoms in total. The molecule has 1 aromatic rings. The van der Waals surface area contributed by atoms with Crippen molar-refractivity contribution in [2.24, 2.45) is 0 Å². The molecule has 29 heavy (non-hydrogen) atoms. The zero-order valence-electron chi connectivity index (χ0n) is 16.8. The molecule has 0 aromatic heterocycles. The van der Waals surface area contributed by atoms with Crippen molar-refractivity contribution in [1.82, 2.24) is 4.90 Å². The molecule has 1 heterocycles. The summed E-state index contributed by atoms with van der Waals surface area (Å²) in [6, 6.07) is 6.44. The number of rotatable bonds is 7. The van der Waals surface area contributed by atoms with Gasteiger partial charge >= 0.3 is 5.97 Å². The lowest BCUT2D eigenvalue weighted by Crippen LogP contribution is -2.50. The van der Waals surface area contributed by atoms with Gasteiger partial charge in [-0.05, 0) is 38.3 Å². The van der Waals surface area contributed by atoms with E-state index >= 15 is 0 Å². The van der Waals surface area contributed by atoms with Gasteiger partial charge in [0.05, 0.1) is 18.1 Å². The molecule has 1 aromatic carbocycles. The molecule has 1 atom stereocenters. The van der Waals surface area contributed by atoms with E-state index in [1.54, 1.807) is 29.2 Å².